The second-order valence-electron chi connectivity index (χ2n) is 9.00. The highest BCUT2D eigenvalue weighted by molar-refractivity contribution is 9.10. The summed E-state index contributed by atoms with van der Waals surface area (Å²) in [7, 11) is 0. The number of nitrogens with one attached hydrogen (secondary N) is 1. The molecule has 10 nitrogen and oxygen atoms in total. The zero-order valence-electron chi connectivity index (χ0n) is 18.6. The summed E-state index contributed by atoms with van der Waals surface area (Å²) in [6.07, 6.45) is 2.92. The third-order valence-corrected chi connectivity index (χ3v) is 7.31. The Morgan fingerprint density at radius 1 is 1.20 bits per heavy atom. The molecule has 2 aliphatic rings. The molecule has 178 valence electrons. The highest BCUT2D eigenvalue weighted by atomic mass is 79.9. The Bertz CT molecular complexity index is 1500. The number of carbonyl (C=O) groups excluding carboxylic acids is 2. The van der Waals surface area contributed by atoms with Crippen LogP contribution in [0.4, 0.5) is 11.6 Å². The minimum absolute atomic E-state index is 0.0110. The molecule has 1 aromatic carbocycles. The molecule has 1 aliphatic carbocycles. The van der Waals surface area contributed by atoms with Crippen molar-refractivity contribution in [3.63, 3.8) is 0 Å². The minimum atomic E-state index is -0.555. The number of fused-ring (bicyclic) bond motifs is 4. The number of anilines is 2. The first-order chi connectivity index (χ1) is 16.9. The van der Waals surface area contributed by atoms with E-state index in [2.05, 4.69) is 36.2 Å². The van der Waals surface area contributed by atoms with E-state index in [1.807, 2.05) is 16.7 Å². The number of hydrogen-bond donors (Lipinski definition) is 3. The summed E-state index contributed by atoms with van der Waals surface area (Å²) in [5.74, 6) is 0.695. The second kappa shape index (κ2) is 8.28. The monoisotopic (exact) mass is 535 g/mol. The van der Waals surface area contributed by atoms with E-state index < -0.39 is 6.04 Å². The summed E-state index contributed by atoms with van der Waals surface area (Å²) >= 11 is 3.31. The molecule has 35 heavy (non-hydrogen) atoms. The number of nitrogens with two attached hydrogens (primary N) is 1. The number of nitrogens with zero attached hydrogens (tertiary/aromatic N) is 5. The van der Waals surface area contributed by atoms with E-state index in [9.17, 15) is 14.7 Å². The largest absolute Gasteiger partial charge is 0.392 e. The van der Waals surface area contributed by atoms with E-state index >= 15 is 0 Å². The summed E-state index contributed by atoms with van der Waals surface area (Å²) < 4.78 is 2.43. The first-order valence-corrected chi connectivity index (χ1v) is 12.1. The third kappa shape index (κ3) is 3.71. The van der Waals surface area contributed by atoms with Gasteiger partial charge in [-0.1, -0.05) is 12.1 Å². The van der Waals surface area contributed by atoms with Gasteiger partial charge in [-0.3, -0.25) is 9.59 Å². The number of halogens is 1. The molecule has 1 saturated carbocycles. The van der Waals surface area contributed by atoms with Gasteiger partial charge in [0.2, 0.25) is 11.8 Å². The van der Waals surface area contributed by atoms with Crippen LogP contribution < -0.4 is 11.1 Å². The number of pyridine rings is 1. The lowest BCUT2D eigenvalue weighted by atomic mass is 10.1. The Hall–Kier alpha value is -3.57. The van der Waals surface area contributed by atoms with Gasteiger partial charge in [-0.05, 0) is 64.5 Å². The molecule has 4 heterocycles. The Morgan fingerprint density at radius 3 is 2.86 bits per heavy atom. The SMILES string of the molecule is Nc1ncnc2c1c1cc(CO)ccc1n2CC(=O)N1[C@@H]2CC2C[C@H]1C(=O)Nc1cccc(Br)n1. The van der Waals surface area contributed by atoms with E-state index in [1.54, 1.807) is 29.2 Å². The summed E-state index contributed by atoms with van der Waals surface area (Å²) in [4.78, 5) is 41.3. The van der Waals surface area contributed by atoms with Crippen molar-refractivity contribution in [1.29, 1.82) is 0 Å². The normalized spacial score (nSPS) is 20.9. The lowest BCUT2D eigenvalue weighted by Gasteiger charge is -2.27. The quantitative estimate of drug-likeness (QED) is 0.333. The fraction of sp³-hybridized carbons (Fsp3) is 0.292. The molecule has 3 atom stereocenters. The highest BCUT2D eigenvalue weighted by Gasteiger charge is 2.56. The van der Waals surface area contributed by atoms with Crippen LogP contribution >= 0.6 is 15.9 Å². The number of carbonyl (C=O) groups is 2. The zero-order valence-corrected chi connectivity index (χ0v) is 20.1. The van der Waals surface area contributed by atoms with Crippen LogP contribution in [0.5, 0.6) is 0 Å². The molecule has 2 amide bonds. The van der Waals surface area contributed by atoms with Crippen molar-refractivity contribution in [2.24, 2.45) is 5.92 Å². The van der Waals surface area contributed by atoms with E-state index in [1.165, 1.54) is 6.33 Å². The number of rotatable bonds is 5. The van der Waals surface area contributed by atoms with Crippen molar-refractivity contribution in [2.45, 2.75) is 38.1 Å². The maximum absolute atomic E-state index is 13.7. The maximum atomic E-state index is 13.7. The van der Waals surface area contributed by atoms with Crippen LogP contribution in [0.15, 0.2) is 47.3 Å². The predicted octanol–water partition coefficient (Wildman–Crippen LogP) is 2.44. The van der Waals surface area contributed by atoms with Crippen LogP contribution in [0.1, 0.15) is 18.4 Å². The molecule has 1 saturated heterocycles. The average Bonchev–Trinajstić information content (AvgIpc) is 3.39. The van der Waals surface area contributed by atoms with Crippen molar-refractivity contribution in [2.75, 3.05) is 11.1 Å². The van der Waals surface area contributed by atoms with Crippen molar-refractivity contribution in [3.05, 3.63) is 52.9 Å². The number of likely N-dealkylation sites (tertiary alicyclic amines) is 1. The van der Waals surface area contributed by atoms with Crippen molar-refractivity contribution < 1.29 is 14.7 Å². The molecule has 0 bridgehead atoms. The molecule has 0 spiro atoms. The number of aliphatic hydroxyl groups excluding tert-OH is 1. The van der Waals surface area contributed by atoms with Crippen LogP contribution in [0.2, 0.25) is 0 Å². The van der Waals surface area contributed by atoms with Crippen molar-refractivity contribution in [1.82, 2.24) is 24.4 Å². The maximum Gasteiger partial charge on any atom is 0.248 e. The Labute approximate surface area is 208 Å². The summed E-state index contributed by atoms with van der Waals surface area (Å²) in [6, 6.07) is 10.3. The van der Waals surface area contributed by atoms with E-state index in [0.29, 0.717) is 39.6 Å². The van der Waals surface area contributed by atoms with E-state index in [0.717, 1.165) is 22.9 Å². The lowest BCUT2D eigenvalue weighted by molar-refractivity contribution is -0.138. The van der Waals surface area contributed by atoms with Crippen LogP contribution in [0, 0.1) is 5.92 Å². The Kier molecular flexibility index (Phi) is 5.19. The number of benzene rings is 1. The van der Waals surface area contributed by atoms with Gasteiger partial charge in [0, 0.05) is 11.4 Å². The Balaban J connectivity index is 1.33. The third-order valence-electron chi connectivity index (χ3n) is 6.87. The van der Waals surface area contributed by atoms with Gasteiger partial charge in [-0.25, -0.2) is 15.0 Å². The van der Waals surface area contributed by atoms with Crippen molar-refractivity contribution in [3.8, 4) is 0 Å². The zero-order chi connectivity index (χ0) is 24.3. The van der Waals surface area contributed by atoms with Gasteiger partial charge in [0.15, 0.2) is 0 Å². The van der Waals surface area contributed by atoms with Crippen LogP contribution in [0.25, 0.3) is 21.9 Å². The molecule has 4 N–H and O–H groups in total. The van der Waals surface area contributed by atoms with Gasteiger partial charge < -0.3 is 25.6 Å². The van der Waals surface area contributed by atoms with Crippen molar-refractivity contribution >= 4 is 61.3 Å². The lowest BCUT2D eigenvalue weighted by Crippen LogP contribution is -2.46. The first-order valence-electron chi connectivity index (χ1n) is 11.3. The summed E-state index contributed by atoms with van der Waals surface area (Å²) in [6.45, 7) is -0.104. The summed E-state index contributed by atoms with van der Waals surface area (Å²) in [5, 5.41) is 13.9. The van der Waals surface area contributed by atoms with Gasteiger partial charge in [0.1, 0.15) is 40.8 Å². The molecule has 2 fully saturated rings. The van der Waals surface area contributed by atoms with Gasteiger partial charge >= 0.3 is 0 Å². The molecule has 6 rings (SSSR count). The standard InChI is InChI=1S/C24H22BrN7O3/c25-18-2-1-3-19(29-18)30-24(35)17-8-13-7-16(13)32(17)20(34)9-31-15-5-4-12(10-33)6-14(15)21-22(26)27-11-28-23(21)31/h1-6,11,13,16-17,33H,7-10H2,(H2,26,27,28)(H,29,30,35)/t13?,16-,17+/m1/s1. The fourth-order valence-electron chi connectivity index (χ4n) is 5.20. The van der Waals surface area contributed by atoms with Gasteiger partial charge in [0.05, 0.1) is 17.5 Å². The minimum Gasteiger partial charge on any atom is -0.392 e. The number of nitrogen functional groups attached to an aromatic ring is 1. The van der Waals surface area contributed by atoms with Crippen LogP contribution in [-0.2, 0) is 22.7 Å². The smallest absolute Gasteiger partial charge is 0.248 e. The van der Waals surface area contributed by atoms with E-state index in [-0.39, 0.29) is 31.0 Å². The van der Waals surface area contributed by atoms with Crippen LogP contribution in [0.3, 0.4) is 0 Å². The number of aromatic nitrogens is 4. The van der Waals surface area contributed by atoms with E-state index in [4.69, 9.17) is 5.73 Å². The van der Waals surface area contributed by atoms with Gasteiger partial charge in [0.25, 0.3) is 0 Å². The fourth-order valence-corrected chi connectivity index (χ4v) is 5.54. The van der Waals surface area contributed by atoms with Crippen LogP contribution in [-0.4, -0.2) is 53.4 Å². The number of aliphatic hydroxyl groups is 1. The van der Waals surface area contributed by atoms with Gasteiger partial charge in [-0.15, -0.1) is 0 Å². The number of amides is 2. The molecule has 1 aliphatic heterocycles. The molecule has 4 aromatic rings. The second-order valence-corrected chi connectivity index (χ2v) is 9.82. The predicted molar refractivity (Wildman–Crippen MR) is 133 cm³/mol. The number of hydrogen-bond acceptors (Lipinski definition) is 7. The van der Waals surface area contributed by atoms with Gasteiger partial charge in [-0.2, -0.15) is 0 Å². The first kappa shape index (κ1) is 21.9. The molecule has 0 radical (unpaired) electrons. The highest BCUT2D eigenvalue weighted by Crippen LogP contribution is 2.48. The topological polar surface area (TPSA) is 139 Å². The molecular formula is C24H22BrN7O3. The molecule has 1 unspecified atom stereocenters. The summed E-state index contributed by atoms with van der Waals surface area (Å²) in [5.41, 5.74) is 8.21. The molecule has 3 aromatic heterocycles. The average molecular weight is 536 g/mol. The Morgan fingerprint density at radius 2 is 2.06 bits per heavy atom. The molecule has 11 heteroatoms. The molecular weight excluding hydrogens is 514 g/mol. The number of piperidine rings is 1.